The van der Waals surface area contributed by atoms with E-state index in [1.165, 1.54) is 11.1 Å². The second-order valence-corrected chi connectivity index (χ2v) is 5.87. The third-order valence-corrected chi connectivity index (χ3v) is 4.34. The van der Waals surface area contributed by atoms with Gasteiger partial charge in [-0.25, -0.2) is 0 Å². The molecule has 0 radical (unpaired) electrons. The molecule has 1 fully saturated rings. The SMILES string of the molecule is CCC(C#N)N1CCN(Cc2ccc(C)cc2Cl)CC1. The number of nitriles is 1. The number of hydrogen-bond acceptors (Lipinski definition) is 3. The summed E-state index contributed by atoms with van der Waals surface area (Å²) >= 11 is 6.29. The maximum atomic E-state index is 9.12. The molecular formula is C16H22ClN3. The fraction of sp³-hybridized carbons (Fsp3) is 0.562. The Balaban J connectivity index is 1.90. The minimum absolute atomic E-state index is 0.0695. The first-order valence-electron chi connectivity index (χ1n) is 7.25. The first kappa shape index (κ1) is 15.3. The molecule has 1 aromatic rings. The van der Waals surface area contributed by atoms with Gasteiger partial charge in [0.25, 0.3) is 0 Å². The van der Waals surface area contributed by atoms with Crippen molar-refractivity contribution in [2.75, 3.05) is 26.2 Å². The van der Waals surface area contributed by atoms with Gasteiger partial charge in [0.1, 0.15) is 0 Å². The van der Waals surface area contributed by atoms with Gasteiger partial charge in [-0.2, -0.15) is 5.26 Å². The maximum absolute atomic E-state index is 9.12. The lowest BCUT2D eigenvalue weighted by atomic mass is 10.1. The zero-order valence-electron chi connectivity index (χ0n) is 12.3. The van der Waals surface area contributed by atoms with Crippen molar-refractivity contribution in [2.45, 2.75) is 32.9 Å². The number of halogens is 1. The number of nitrogens with zero attached hydrogens (tertiary/aromatic N) is 3. The number of piperazine rings is 1. The Hall–Kier alpha value is -1.08. The average Bonchev–Trinajstić information content (AvgIpc) is 2.45. The summed E-state index contributed by atoms with van der Waals surface area (Å²) in [5.41, 5.74) is 2.39. The Morgan fingerprint density at radius 2 is 2.00 bits per heavy atom. The van der Waals surface area contributed by atoms with Crippen molar-refractivity contribution in [3.05, 3.63) is 34.3 Å². The summed E-state index contributed by atoms with van der Waals surface area (Å²) in [6.45, 7) is 8.97. The third-order valence-electron chi connectivity index (χ3n) is 3.99. The lowest BCUT2D eigenvalue weighted by Crippen LogP contribution is -2.49. The predicted molar refractivity (Wildman–Crippen MR) is 82.7 cm³/mol. The molecule has 3 nitrogen and oxygen atoms in total. The zero-order chi connectivity index (χ0) is 14.5. The van der Waals surface area contributed by atoms with Crippen molar-refractivity contribution in [1.29, 1.82) is 5.26 Å². The van der Waals surface area contributed by atoms with E-state index in [-0.39, 0.29) is 6.04 Å². The molecule has 1 unspecified atom stereocenters. The average molecular weight is 292 g/mol. The van der Waals surface area contributed by atoms with Crippen molar-refractivity contribution >= 4 is 11.6 Å². The molecule has 0 aliphatic carbocycles. The van der Waals surface area contributed by atoms with E-state index in [0.717, 1.165) is 44.2 Å². The zero-order valence-corrected chi connectivity index (χ0v) is 13.0. The Labute approximate surface area is 126 Å². The highest BCUT2D eigenvalue weighted by molar-refractivity contribution is 6.31. The van der Waals surface area contributed by atoms with Gasteiger partial charge in [0.2, 0.25) is 0 Å². The Morgan fingerprint density at radius 1 is 1.30 bits per heavy atom. The van der Waals surface area contributed by atoms with Crippen LogP contribution in [0.3, 0.4) is 0 Å². The lowest BCUT2D eigenvalue weighted by Gasteiger charge is -2.36. The molecule has 0 spiro atoms. The van der Waals surface area contributed by atoms with Crippen molar-refractivity contribution in [3.63, 3.8) is 0 Å². The molecule has 0 amide bonds. The number of rotatable bonds is 4. The van der Waals surface area contributed by atoms with Gasteiger partial charge >= 0.3 is 0 Å². The molecule has 1 heterocycles. The van der Waals surface area contributed by atoms with Crippen LogP contribution in [0.15, 0.2) is 18.2 Å². The molecule has 108 valence electrons. The summed E-state index contributed by atoms with van der Waals surface area (Å²) in [5.74, 6) is 0. The first-order valence-corrected chi connectivity index (χ1v) is 7.63. The maximum Gasteiger partial charge on any atom is 0.0976 e. The van der Waals surface area contributed by atoms with Crippen LogP contribution in [0.4, 0.5) is 0 Å². The Kier molecular flexibility index (Phi) is 5.42. The van der Waals surface area contributed by atoms with E-state index < -0.39 is 0 Å². The Morgan fingerprint density at radius 3 is 2.55 bits per heavy atom. The monoisotopic (exact) mass is 291 g/mol. The second-order valence-electron chi connectivity index (χ2n) is 5.46. The van der Waals surface area contributed by atoms with Crippen molar-refractivity contribution in [3.8, 4) is 6.07 Å². The van der Waals surface area contributed by atoms with Crippen LogP contribution < -0.4 is 0 Å². The van der Waals surface area contributed by atoms with Crippen molar-refractivity contribution in [1.82, 2.24) is 9.80 Å². The van der Waals surface area contributed by atoms with Gasteiger partial charge in [0, 0.05) is 37.7 Å². The molecule has 1 atom stereocenters. The van der Waals surface area contributed by atoms with Gasteiger partial charge in [-0.15, -0.1) is 0 Å². The molecule has 1 aliphatic rings. The number of aryl methyl sites for hydroxylation is 1. The van der Waals surface area contributed by atoms with Crippen molar-refractivity contribution < 1.29 is 0 Å². The predicted octanol–water partition coefficient (Wildman–Crippen LogP) is 3.07. The van der Waals surface area contributed by atoms with Crippen LogP contribution in [0.5, 0.6) is 0 Å². The van der Waals surface area contributed by atoms with E-state index in [1.54, 1.807) is 0 Å². The molecular weight excluding hydrogens is 270 g/mol. The molecule has 1 aromatic carbocycles. The van der Waals surface area contributed by atoms with Crippen LogP contribution >= 0.6 is 11.6 Å². The van der Waals surface area contributed by atoms with E-state index in [9.17, 15) is 0 Å². The molecule has 4 heteroatoms. The summed E-state index contributed by atoms with van der Waals surface area (Å²) in [4.78, 5) is 4.70. The van der Waals surface area contributed by atoms with Crippen LogP contribution in [0, 0.1) is 18.3 Å². The fourth-order valence-electron chi connectivity index (χ4n) is 2.69. The highest BCUT2D eigenvalue weighted by Gasteiger charge is 2.22. The van der Waals surface area contributed by atoms with Crippen LogP contribution in [0.1, 0.15) is 24.5 Å². The van der Waals surface area contributed by atoms with E-state index in [4.69, 9.17) is 16.9 Å². The summed E-state index contributed by atoms with van der Waals surface area (Å²) < 4.78 is 0. The van der Waals surface area contributed by atoms with E-state index in [2.05, 4.69) is 41.8 Å². The van der Waals surface area contributed by atoms with Crippen LogP contribution in [-0.2, 0) is 6.54 Å². The van der Waals surface area contributed by atoms with Gasteiger partial charge in [-0.1, -0.05) is 30.7 Å². The van der Waals surface area contributed by atoms with Gasteiger partial charge < -0.3 is 0 Å². The van der Waals surface area contributed by atoms with E-state index >= 15 is 0 Å². The molecule has 0 saturated carbocycles. The summed E-state index contributed by atoms with van der Waals surface area (Å²) in [6.07, 6.45) is 0.903. The molecule has 0 aromatic heterocycles. The van der Waals surface area contributed by atoms with Crippen LogP contribution in [0.2, 0.25) is 5.02 Å². The highest BCUT2D eigenvalue weighted by atomic mass is 35.5. The van der Waals surface area contributed by atoms with E-state index in [1.807, 2.05) is 6.07 Å². The standard InChI is InChI=1S/C16H22ClN3/c1-3-15(11-18)20-8-6-19(7-9-20)12-14-5-4-13(2)10-16(14)17/h4-5,10,15H,3,6-9,12H2,1-2H3. The topological polar surface area (TPSA) is 30.3 Å². The quantitative estimate of drug-likeness (QED) is 0.854. The van der Waals surface area contributed by atoms with Gasteiger partial charge in [-0.05, 0) is 30.5 Å². The van der Waals surface area contributed by atoms with Crippen LogP contribution in [-0.4, -0.2) is 42.0 Å². The smallest absolute Gasteiger partial charge is 0.0976 e. The molecule has 0 N–H and O–H groups in total. The molecule has 0 bridgehead atoms. The summed E-state index contributed by atoms with van der Waals surface area (Å²) in [5, 5.41) is 9.98. The van der Waals surface area contributed by atoms with Gasteiger partial charge in [-0.3, -0.25) is 9.80 Å². The minimum atomic E-state index is 0.0695. The van der Waals surface area contributed by atoms with Gasteiger partial charge in [0.15, 0.2) is 0 Å². The Bertz CT molecular complexity index is 487. The van der Waals surface area contributed by atoms with Crippen LogP contribution in [0.25, 0.3) is 0 Å². The summed E-state index contributed by atoms with van der Waals surface area (Å²) in [6, 6.07) is 8.71. The molecule has 1 aliphatic heterocycles. The molecule has 1 saturated heterocycles. The normalized spacial score (nSPS) is 18.7. The number of benzene rings is 1. The largest absolute Gasteiger partial charge is 0.296 e. The first-order chi connectivity index (χ1) is 9.63. The highest BCUT2D eigenvalue weighted by Crippen LogP contribution is 2.20. The van der Waals surface area contributed by atoms with Crippen molar-refractivity contribution in [2.24, 2.45) is 0 Å². The molecule has 2 rings (SSSR count). The van der Waals surface area contributed by atoms with E-state index in [0.29, 0.717) is 0 Å². The fourth-order valence-corrected chi connectivity index (χ4v) is 2.98. The van der Waals surface area contributed by atoms with Gasteiger partial charge in [0.05, 0.1) is 12.1 Å². The summed E-state index contributed by atoms with van der Waals surface area (Å²) in [7, 11) is 0. The number of hydrogen-bond donors (Lipinski definition) is 0. The lowest BCUT2D eigenvalue weighted by molar-refractivity contribution is 0.108. The molecule has 20 heavy (non-hydrogen) atoms. The second kappa shape index (κ2) is 7.08. The minimum Gasteiger partial charge on any atom is -0.296 e. The third kappa shape index (κ3) is 3.73.